The maximum absolute atomic E-state index is 12.8. The van der Waals surface area contributed by atoms with Crippen molar-refractivity contribution in [2.75, 3.05) is 13.1 Å². The lowest BCUT2D eigenvalue weighted by Gasteiger charge is -2.36. The molecule has 1 aliphatic rings. The molecule has 1 saturated heterocycles. The van der Waals surface area contributed by atoms with Crippen molar-refractivity contribution in [2.45, 2.75) is 12.7 Å². The van der Waals surface area contributed by atoms with Crippen molar-refractivity contribution >= 4 is 12.0 Å². The summed E-state index contributed by atoms with van der Waals surface area (Å²) in [6.45, 7) is -0.118. The Morgan fingerprint density at radius 2 is 1.90 bits per heavy atom. The van der Waals surface area contributed by atoms with E-state index in [-0.39, 0.29) is 25.2 Å². The van der Waals surface area contributed by atoms with Gasteiger partial charge in [-0.05, 0) is 11.6 Å². The lowest BCUT2D eigenvalue weighted by Crippen LogP contribution is -2.56. The van der Waals surface area contributed by atoms with Crippen molar-refractivity contribution in [3.8, 4) is 0 Å². The Bertz CT molecular complexity index is 554. The first-order chi connectivity index (χ1) is 9.79. The minimum absolute atomic E-state index is 0.0336. The second-order valence-electron chi connectivity index (χ2n) is 4.75. The zero-order valence-electron chi connectivity index (χ0n) is 10.9. The maximum atomic E-state index is 12.8. The van der Waals surface area contributed by atoms with Gasteiger partial charge >= 0.3 is 18.2 Å². The zero-order chi connectivity index (χ0) is 15.6. The van der Waals surface area contributed by atoms with Gasteiger partial charge in [0.25, 0.3) is 0 Å². The predicted octanol–water partition coefficient (Wildman–Crippen LogP) is 1.93. The summed E-state index contributed by atoms with van der Waals surface area (Å²) in [7, 11) is 0. The van der Waals surface area contributed by atoms with Gasteiger partial charge in [0.2, 0.25) is 0 Å². The number of urea groups is 1. The number of halogens is 3. The van der Waals surface area contributed by atoms with Gasteiger partial charge in [-0.3, -0.25) is 4.79 Å². The van der Waals surface area contributed by atoms with Crippen molar-refractivity contribution in [2.24, 2.45) is 5.92 Å². The quantitative estimate of drug-likeness (QED) is 0.896. The van der Waals surface area contributed by atoms with Gasteiger partial charge in [-0.25, -0.2) is 4.79 Å². The molecule has 21 heavy (non-hydrogen) atoms. The molecule has 1 aromatic carbocycles. The largest absolute Gasteiger partial charge is 0.481 e. The average molecular weight is 302 g/mol. The van der Waals surface area contributed by atoms with E-state index in [0.29, 0.717) is 0 Å². The van der Waals surface area contributed by atoms with E-state index in [1.165, 1.54) is 23.1 Å². The average Bonchev–Trinajstić information content (AvgIpc) is 2.33. The number of hydrogen-bond donors (Lipinski definition) is 2. The van der Waals surface area contributed by atoms with Crippen molar-refractivity contribution in [3.05, 3.63) is 35.4 Å². The van der Waals surface area contributed by atoms with Crippen LogP contribution in [0.4, 0.5) is 18.0 Å². The van der Waals surface area contributed by atoms with Crippen LogP contribution in [0, 0.1) is 5.92 Å². The third-order valence-corrected chi connectivity index (χ3v) is 3.27. The molecule has 2 N–H and O–H groups in total. The van der Waals surface area contributed by atoms with E-state index < -0.39 is 29.7 Å². The summed E-state index contributed by atoms with van der Waals surface area (Å²) in [5.41, 5.74) is -0.828. The predicted molar refractivity (Wildman–Crippen MR) is 66.4 cm³/mol. The fourth-order valence-corrected chi connectivity index (χ4v) is 2.03. The van der Waals surface area contributed by atoms with E-state index in [0.717, 1.165) is 6.07 Å². The minimum Gasteiger partial charge on any atom is -0.481 e. The number of nitrogens with one attached hydrogen (secondary N) is 1. The Hall–Kier alpha value is -2.25. The van der Waals surface area contributed by atoms with E-state index in [1.54, 1.807) is 0 Å². The third-order valence-electron chi connectivity index (χ3n) is 3.27. The van der Waals surface area contributed by atoms with Gasteiger partial charge in [0, 0.05) is 19.6 Å². The van der Waals surface area contributed by atoms with E-state index in [4.69, 9.17) is 5.11 Å². The lowest BCUT2D eigenvalue weighted by molar-refractivity contribution is -0.146. The number of carbonyl (C=O) groups is 2. The molecule has 5 nitrogen and oxygen atoms in total. The van der Waals surface area contributed by atoms with Crippen LogP contribution in [0.2, 0.25) is 0 Å². The summed E-state index contributed by atoms with van der Waals surface area (Å²) < 4.78 is 38.3. The molecule has 0 aromatic heterocycles. The minimum atomic E-state index is -4.48. The van der Waals surface area contributed by atoms with Crippen LogP contribution in [0.25, 0.3) is 0 Å². The van der Waals surface area contributed by atoms with Gasteiger partial charge in [-0.2, -0.15) is 13.2 Å². The van der Waals surface area contributed by atoms with Gasteiger partial charge in [-0.15, -0.1) is 0 Å². The van der Waals surface area contributed by atoms with Crippen LogP contribution in [0.15, 0.2) is 24.3 Å². The summed E-state index contributed by atoms with van der Waals surface area (Å²) in [6.07, 6.45) is -4.48. The van der Waals surface area contributed by atoms with Crippen LogP contribution < -0.4 is 5.32 Å². The van der Waals surface area contributed by atoms with Crippen molar-refractivity contribution in [3.63, 3.8) is 0 Å². The van der Waals surface area contributed by atoms with Gasteiger partial charge < -0.3 is 15.3 Å². The van der Waals surface area contributed by atoms with E-state index in [1.807, 2.05) is 0 Å². The number of carboxylic acid groups (broad SMARTS) is 1. The second-order valence-corrected chi connectivity index (χ2v) is 4.75. The molecule has 1 aliphatic heterocycles. The second kappa shape index (κ2) is 5.63. The van der Waals surface area contributed by atoms with Gasteiger partial charge in [0.05, 0.1) is 11.5 Å². The highest BCUT2D eigenvalue weighted by Crippen LogP contribution is 2.31. The molecular weight excluding hydrogens is 289 g/mol. The Morgan fingerprint density at radius 1 is 1.29 bits per heavy atom. The first-order valence-electron chi connectivity index (χ1n) is 6.19. The molecule has 0 saturated carbocycles. The number of carboxylic acids is 1. The van der Waals surface area contributed by atoms with Crippen molar-refractivity contribution in [1.29, 1.82) is 0 Å². The number of aliphatic carboxylic acids is 1. The maximum Gasteiger partial charge on any atom is 0.416 e. The van der Waals surface area contributed by atoms with E-state index in [2.05, 4.69) is 5.32 Å². The summed E-state index contributed by atoms with van der Waals surface area (Å²) in [5.74, 6) is -1.58. The fourth-order valence-electron chi connectivity index (χ4n) is 2.03. The van der Waals surface area contributed by atoms with Crippen LogP contribution in [0.1, 0.15) is 11.1 Å². The number of rotatable bonds is 3. The first-order valence-corrected chi connectivity index (χ1v) is 6.19. The number of hydrogen-bond acceptors (Lipinski definition) is 2. The molecule has 0 bridgehead atoms. The molecule has 114 valence electrons. The number of nitrogens with zero attached hydrogens (tertiary/aromatic N) is 1. The summed E-state index contributed by atoms with van der Waals surface area (Å²) in [5, 5.41) is 11.1. The summed E-state index contributed by atoms with van der Waals surface area (Å²) in [4.78, 5) is 23.5. The van der Waals surface area contributed by atoms with Crippen molar-refractivity contribution in [1.82, 2.24) is 10.2 Å². The number of likely N-dealkylation sites (tertiary alicyclic amines) is 1. The van der Waals surface area contributed by atoms with Gasteiger partial charge in [0.1, 0.15) is 0 Å². The Labute approximate surface area is 118 Å². The highest BCUT2D eigenvalue weighted by Gasteiger charge is 2.36. The highest BCUT2D eigenvalue weighted by molar-refractivity contribution is 5.79. The Balaban J connectivity index is 1.92. The molecule has 0 aliphatic carbocycles. The van der Waals surface area contributed by atoms with Gasteiger partial charge in [-0.1, -0.05) is 18.2 Å². The van der Waals surface area contributed by atoms with E-state index >= 15 is 0 Å². The van der Waals surface area contributed by atoms with E-state index in [9.17, 15) is 22.8 Å². The number of amides is 2. The molecule has 0 radical (unpaired) electrons. The molecular formula is C13H13F3N2O3. The molecule has 2 rings (SSSR count). The third kappa shape index (κ3) is 3.45. The van der Waals surface area contributed by atoms with Crippen LogP contribution in [0.5, 0.6) is 0 Å². The standard InChI is InChI=1S/C13H13F3N2O3/c14-13(15,16)10-4-2-1-3-8(10)5-17-12(21)18-6-9(7-18)11(19)20/h1-4,9H,5-7H2,(H,17,21)(H,19,20). The summed E-state index contributed by atoms with van der Waals surface area (Å²) >= 11 is 0. The number of carbonyl (C=O) groups excluding carboxylic acids is 1. The van der Waals surface area contributed by atoms with Crippen LogP contribution in [0.3, 0.4) is 0 Å². The SMILES string of the molecule is O=C(O)C1CN(C(=O)NCc2ccccc2C(F)(F)F)C1. The van der Waals surface area contributed by atoms with Crippen LogP contribution in [-0.4, -0.2) is 35.1 Å². The number of benzene rings is 1. The molecule has 2 amide bonds. The molecule has 0 atom stereocenters. The molecule has 8 heteroatoms. The van der Waals surface area contributed by atoms with Gasteiger partial charge in [0.15, 0.2) is 0 Å². The smallest absolute Gasteiger partial charge is 0.416 e. The molecule has 0 unspecified atom stereocenters. The Morgan fingerprint density at radius 3 is 2.48 bits per heavy atom. The highest BCUT2D eigenvalue weighted by atomic mass is 19.4. The summed E-state index contributed by atoms with van der Waals surface area (Å²) in [6, 6.07) is 4.41. The van der Waals surface area contributed by atoms with Crippen molar-refractivity contribution < 1.29 is 27.9 Å². The molecule has 0 spiro atoms. The molecule has 1 heterocycles. The molecule has 1 aromatic rings. The van der Waals surface area contributed by atoms with Crippen LogP contribution >= 0.6 is 0 Å². The zero-order valence-corrected chi connectivity index (χ0v) is 10.9. The first kappa shape index (κ1) is 15.1. The molecule has 1 fully saturated rings. The number of alkyl halides is 3. The lowest BCUT2D eigenvalue weighted by atomic mass is 10.0. The fraction of sp³-hybridized carbons (Fsp3) is 0.385. The Kier molecular flexibility index (Phi) is 4.06. The normalized spacial score (nSPS) is 15.5. The topological polar surface area (TPSA) is 69.6 Å². The van der Waals surface area contributed by atoms with Crippen LogP contribution in [-0.2, 0) is 17.5 Å². The monoisotopic (exact) mass is 302 g/mol.